The van der Waals surface area contributed by atoms with Gasteiger partial charge in [-0.1, -0.05) is 20.3 Å². The standard InChI is InChI=1S/C6H11NS/c1-3-6(2)4-7-5-8/h6H,3-4H2,1-2H3/t6-/m0/s1. The van der Waals surface area contributed by atoms with Crippen LogP contribution in [0.15, 0.2) is 4.99 Å². The summed E-state index contributed by atoms with van der Waals surface area (Å²) in [4.78, 5) is 3.81. The van der Waals surface area contributed by atoms with Gasteiger partial charge in [0.25, 0.3) is 0 Å². The summed E-state index contributed by atoms with van der Waals surface area (Å²) in [6, 6.07) is 0. The summed E-state index contributed by atoms with van der Waals surface area (Å²) < 4.78 is 0. The Kier molecular flexibility index (Phi) is 4.82. The van der Waals surface area contributed by atoms with Crippen molar-refractivity contribution in [2.45, 2.75) is 20.3 Å². The van der Waals surface area contributed by atoms with Crippen LogP contribution in [0.25, 0.3) is 0 Å². The van der Waals surface area contributed by atoms with Gasteiger partial charge in [0.15, 0.2) is 0 Å². The number of nitrogens with zero attached hydrogens (tertiary/aromatic N) is 1. The molecule has 0 rings (SSSR count). The molecule has 1 atom stereocenters. The lowest BCUT2D eigenvalue weighted by molar-refractivity contribution is 0.578. The van der Waals surface area contributed by atoms with E-state index in [2.05, 4.69) is 36.2 Å². The van der Waals surface area contributed by atoms with Crippen molar-refractivity contribution in [3.8, 4) is 0 Å². The molecule has 0 heterocycles. The smallest absolute Gasteiger partial charge is 0.0585 e. The number of hydrogen-bond acceptors (Lipinski definition) is 2. The average Bonchev–Trinajstić information content (AvgIpc) is 1.83. The summed E-state index contributed by atoms with van der Waals surface area (Å²) in [5.74, 6) is 0.658. The first kappa shape index (κ1) is 7.80. The monoisotopic (exact) mass is 129 g/mol. The van der Waals surface area contributed by atoms with Gasteiger partial charge in [-0.15, -0.1) is 0 Å². The molecule has 0 saturated carbocycles. The second-order valence-electron chi connectivity index (χ2n) is 1.95. The Balaban J connectivity index is 3.23. The summed E-state index contributed by atoms with van der Waals surface area (Å²) in [6.45, 7) is 5.12. The van der Waals surface area contributed by atoms with Crippen molar-refractivity contribution in [3.63, 3.8) is 0 Å². The third-order valence-corrected chi connectivity index (χ3v) is 1.29. The fraction of sp³-hybridized carbons (Fsp3) is 0.833. The Morgan fingerprint density at radius 1 is 1.75 bits per heavy atom. The van der Waals surface area contributed by atoms with Crippen molar-refractivity contribution in [2.24, 2.45) is 10.9 Å². The molecular formula is C6H11NS. The summed E-state index contributed by atoms with van der Waals surface area (Å²) >= 11 is 4.40. The van der Waals surface area contributed by atoms with E-state index in [9.17, 15) is 0 Å². The van der Waals surface area contributed by atoms with Crippen LogP contribution >= 0.6 is 12.2 Å². The molecule has 0 N–H and O–H groups in total. The highest BCUT2D eigenvalue weighted by Crippen LogP contribution is 1.98. The van der Waals surface area contributed by atoms with Crippen LogP contribution < -0.4 is 0 Å². The van der Waals surface area contributed by atoms with E-state index in [0.29, 0.717) is 5.92 Å². The lowest BCUT2D eigenvalue weighted by atomic mass is 10.1. The lowest BCUT2D eigenvalue weighted by Gasteiger charge is -1.99. The molecule has 2 heteroatoms. The Bertz CT molecular complexity index is 94.7. The van der Waals surface area contributed by atoms with E-state index in [1.165, 1.54) is 6.42 Å². The zero-order valence-corrected chi connectivity index (χ0v) is 6.16. The van der Waals surface area contributed by atoms with E-state index in [1.54, 1.807) is 0 Å². The van der Waals surface area contributed by atoms with E-state index in [1.807, 2.05) is 0 Å². The van der Waals surface area contributed by atoms with E-state index in [4.69, 9.17) is 0 Å². The van der Waals surface area contributed by atoms with Gasteiger partial charge in [0.05, 0.1) is 11.7 Å². The third-order valence-electron chi connectivity index (χ3n) is 1.16. The van der Waals surface area contributed by atoms with Crippen LogP contribution in [0.4, 0.5) is 0 Å². The van der Waals surface area contributed by atoms with Crippen molar-refractivity contribution >= 4 is 17.4 Å². The number of rotatable bonds is 3. The highest BCUT2D eigenvalue weighted by Gasteiger charge is 1.92. The van der Waals surface area contributed by atoms with Crippen LogP contribution in [0.2, 0.25) is 0 Å². The largest absolute Gasteiger partial charge is 0.232 e. The fourth-order valence-corrected chi connectivity index (χ4v) is 0.397. The Hall–Kier alpha value is -0.200. The summed E-state index contributed by atoms with van der Waals surface area (Å²) in [7, 11) is 0. The zero-order valence-electron chi connectivity index (χ0n) is 5.35. The van der Waals surface area contributed by atoms with Gasteiger partial charge in [-0.3, -0.25) is 0 Å². The summed E-state index contributed by atoms with van der Waals surface area (Å²) in [6.07, 6.45) is 1.17. The number of isothiocyanates is 1. The first-order valence-electron chi connectivity index (χ1n) is 2.84. The van der Waals surface area contributed by atoms with Crippen molar-refractivity contribution < 1.29 is 0 Å². The number of hydrogen-bond donors (Lipinski definition) is 0. The second-order valence-corrected chi connectivity index (χ2v) is 2.13. The van der Waals surface area contributed by atoms with Crippen LogP contribution in [-0.4, -0.2) is 11.7 Å². The van der Waals surface area contributed by atoms with Crippen LogP contribution in [0, 0.1) is 5.92 Å². The first-order valence-corrected chi connectivity index (χ1v) is 3.25. The quantitative estimate of drug-likeness (QED) is 0.420. The number of thiocarbonyl (C=S) groups is 1. The van der Waals surface area contributed by atoms with Gasteiger partial charge in [-0.2, -0.15) is 0 Å². The highest BCUT2D eigenvalue weighted by atomic mass is 32.1. The maximum atomic E-state index is 4.40. The van der Waals surface area contributed by atoms with Crippen molar-refractivity contribution in [2.75, 3.05) is 6.54 Å². The Morgan fingerprint density at radius 3 is 2.75 bits per heavy atom. The van der Waals surface area contributed by atoms with Gasteiger partial charge in [-0.05, 0) is 18.1 Å². The minimum absolute atomic E-state index is 0.658. The Morgan fingerprint density at radius 2 is 2.38 bits per heavy atom. The average molecular weight is 129 g/mol. The van der Waals surface area contributed by atoms with Gasteiger partial charge >= 0.3 is 0 Å². The van der Waals surface area contributed by atoms with Crippen LogP contribution in [0.3, 0.4) is 0 Å². The molecule has 0 spiro atoms. The molecule has 46 valence electrons. The molecule has 0 aromatic carbocycles. The van der Waals surface area contributed by atoms with Crippen molar-refractivity contribution in [3.05, 3.63) is 0 Å². The van der Waals surface area contributed by atoms with Gasteiger partial charge in [0.2, 0.25) is 0 Å². The molecule has 0 bridgehead atoms. The Labute approximate surface area is 55.8 Å². The first-order chi connectivity index (χ1) is 3.81. The molecular weight excluding hydrogens is 118 g/mol. The zero-order chi connectivity index (χ0) is 6.41. The van der Waals surface area contributed by atoms with E-state index in [0.717, 1.165) is 6.54 Å². The summed E-state index contributed by atoms with van der Waals surface area (Å²) in [5, 5.41) is 2.34. The lowest BCUT2D eigenvalue weighted by Crippen LogP contribution is -1.94. The molecule has 0 amide bonds. The van der Waals surface area contributed by atoms with Gasteiger partial charge < -0.3 is 0 Å². The predicted octanol–water partition coefficient (Wildman–Crippen LogP) is 2.14. The normalized spacial score (nSPS) is 12.2. The van der Waals surface area contributed by atoms with Gasteiger partial charge in [0.1, 0.15) is 0 Å². The maximum Gasteiger partial charge on any atom is 0.0585 e. The molecule has 0 unspecified atom stereocenters. The topological polar surface area (TPSA) is 12.4 Å². The molecule has 0 fully saturated rings. The molecule has 0 aliphatic rings. The molecule has 0 aliphatic carbocycles. The van der Waals surface area contributed by atoms with Crippen LogP contribution in [-0.2, 0) is 0 Å². The van der Waals surface area contributed by atoms with Crippen molar-refractivity contribution in [1.82, 2.24) is 0 Å². The third kappa shape index (κ3) is 3.97. The van der Waals surface area contributed by atoms with Gasteiger partial charge in [-0.25, -0.2) is 4.99 Å². The van der Waals surface area contributed by atoms with E-state index >= 15 is 0 Å². The molecule has 0 aromatic rings. The predicted molar refractivity (Wildman–Crippen MR) is 39.3 cm³/mol. The second kappa shape index (κ2) is 4.95. The molecule has 8 heavy (non-hydrogen) atoms. The van der Waals surface area contributed by atoms with Crippen LogP contribution in [0.1, 0.15) is 20.3 Å². The van der Waals surface area contributed by atoms with Crippen molar-refractivity contribution in [1.29, 1.82) is 0 Å². The molecule has 0 aliphatic heterocycles. The van der Waals surface area contributed by atoms with E-state index in [-0.39, 0.29) is 0 Å². The fourth-order valence-electron chi connectivity index (χ4n) is 0.322. The highest BCUT2D eigenvalue weighted by molar-refractivity contribution is 7.78. The minimum Gasteiger partial charge on any atom is -0.232 e. The SMILES string of the molecule is CC[C@H](C)CN=C=S. The molecule has 1 nitrogen and oxygen atoms in total. The summed E-state index contributed by atoms with van der Waals surface area (Å²) in [5.41, 5.74) is 0. The molecule has 0 aromatic heterocycles. The molecule has 0 saturated heterocycles. The van der Waals surface area contributed by atoms with Gasteiger partial charge in [0, 0.05) is 0 Å². The van der Waals surface area contributed by atoms with Crippen LogP contribution in [0.5, 0.6) is 0 Å². The molecule has 0 radical (unpaired) electrons. The van der Waals surface area contributed by atoms with E-state index < -0.39 is 0 Å². The maximum absolute atomic E-state index is 4.40. The number of aliphatic imine (C=N–C) groups is 1. The minimum atomic E-state index is 0.658.